The maximum atomic E-state index is 12.5. The Morgan fingerprint density at radius 1 is 1.17 bits per heavy atom. The van der Waals surface area contributed by atoms with Crippen molar-refractivity contribution in [2.24, 2.45) is 0 Å². The Balaban J connectivity index is 1.37. The van der Waals surface area contributed by atoms with Gasteiger partial charge in [-0.15, -0.1) is 10.2 Å². The van der Waals surface area contributed by atoms with Crippen molar-refractivity contribution in [1.29, 1.82) is 0 Å². The molecule has 29 heavy (non-hydrogen) atoms. The zero-order chi connectivity index (χ0) is 20.4. The number of nitrogens with zero attached hydrogens (tertiary/aromatic N) is 6. The molecule has 0 atom stereocenters. The molecular weight excluding hydrogens is 376 g/mol. The highest BCUT2D eigenvalue weighted by molar-refractivity contribution is 5.86. The first-order chi connectivity index (χ1) is 14.0. The third kappa shape index (κ3) is 4.02. The second-order valence-corrected chi connectivity index (χ2v) is 6.89. The van der Waals surface area contributed by atoms with Crippen LogP contribution in [0.15, 0.2) is 41.3 Å². The Morgan fingerprint density at radius 2 is 1.97 bits per heavy atom. The Kier molecular flexibility index (Phi) is 5.09. The van der Waals surface area contributed by atoms with Gasteiger partial charge in [-0.05, 0) is 30.2 Å². The summed E-state index contributed by atoms with van der Waals surface area (Å²) in [5.41, 5.74) is 2.96. The Bertz CT molecular complexity index is 1020. The van der Waals surface area contributed by atoms with Crippen LogP contribution in [0.2, 0.25) is 0 Å². The normalized spacial score (nSPS) is 14.9. The highest BCUT2D eigenvalue weighted by Gasteiger charge is 2.23. The summed E-state index contributed by atoms with van der Waals surface area (Å²) < 4.78 is 6.40. The van der Waals surface area contributed by atoms with Crippen LogP contribution in [0, 0.1) is 6.92 Å². The molecule has 0 aliphatic carbocycles. The third-order valence-corrected chi connectivity index (χ3v) is 4.95. The molecule has 1 amide bonds. The van der Waals surface area contributed by atoms with Crippen LogP contribution in [-0.2, 0) is 6.54 Å². The van der Waals surface area contributed by atoms with E-state index < -0.39 is 5.97 Å². The largest absolute Gasteiger partial charge is 0.476 e. The third-order valence-electron chi connectivity index (χ3n) is 4.95. The molecule has 3 heterocycles. The fraction of sp³-hybridized carbons (Fsp3) is 0.316. The summed E-state index contributed by atoms with van der Waals surface area (Å²) >= 11 is 0. The van der Waals surface area contributed by atoms with Crippen LogP contribution < -0.4 is 0 Å². The quantitative estimate of drug-likeness (QED) is 0.708. The standard InChI is InChI=1S/C19H20N6O4/c1-13-2-3-14(10-15(13)17-21-20-12-29-17)11-23-6-8-24(9-7-23)19(28)25-5-4-16(22-25)18(26)27/h2-5,10,12H,6-9,11H2,1H3,(H,26,27). The van der Waals surface area contributed by atoms with Crippen LogP contribution in [0.25, 0.3) is 11.5 Å². The van der Waals surface area contributed by atoms with Crippen molar-refractivity contribution in [1.82, 2.24) is 29.8 Å². The number of piperazine rings is 1. The molecule has 1 saturated heterocycles. The summed E-state index contributed by atoms with van der Waals surface area (Å²) in [7, 11) is 0. The number of carbonyl (C=O) groups excluding carboxylic acids is 1. The maximum absolute atomic E-state index is 12.5. The van der Waals surface area contributed by atoms with Gasteiger partial charge < -0.3 is 14.4 Å². The lowest BCUT2D eigenvalue weighted by Gasteiger charge is -2.34. The van der Waals surface area contributed by atoms with E-state index in [1.54, 1.807) is 4.90 Å². The fourth-order valence-electron chi connectivity index (χ4n) is 3.33. The Labute approximate surface area is 166 Å². The van der Waals surface area contributed by atoms with E-state index in [9.17, 15) is 9.59 Å². The number of amides is 1. The van der Waals surface area contributed by atoms with E-state index in [4.69, 9.17) is 9.52 Å². The number of hydrogen-bond acceptors (Lipinski definition) is 7. The van der Waals surface area contributed by atoms with Crippen molar-refractivity contribution >= 4 is 12.0 Å². The zero-order valence-electron chi connectivity index (χ0n) is 15.9. The molecule has 4 rings (SSSR count). The van der Waals surface area contributed by atoms with Gasteiger partial charge in [-0.3, -0.25) is 4.90 Å². The smallest absolute Gasteiger partial charge is 0.356 e. The minimum absolute atomic E-state index is 0.145. The van der Waals surface area contributed by atoms with Crippen LogP contribution in [0.3, 0.4) is 0 Å². The van der Waals surface area contributed by atoms with E-state index in [-0.39, 0.29) is 11.7 Å². The summed E-state index contributed by atoms with van der Waals surface area (Å²) in [4.78, 5) is 27.4. The average molecular weight is 396 g/mol. The number of carbonyl (C=O) groups is 2. The van der Waals surface area contributed by atoms with Crippen LogP contribution in [0.1, 0.15) is 21.6 Å². The molecule has 0 unspecified atom stereocenters. The average Bonchev–Trinajstić information content (AvgIpc) is 3.42. The molecule has 10 heteroatoms. The number of aromatic nitrogens is 4. The van der Waals surface area contributed by atoms with E-state index in [1.807, 2.05) is 13.0 Å². The summed E-state index contributed by atoms with van der Waals surface area (Å²) in [6.45, 7) is 5.26. The van der Waals surface area contributed by atoms with Crippen molar-refractivity contribution in [3.05, 3.63) is 53.7 Å². The summed E-state index contributed by atoms with van der Waals surface area (Å²) in [6.07, 6.45) is 2.69. The lowest BCUT2D eigenvalue weighted by molar-refractivity contribution is 0.0689. The van der Waals surface area contributed by atoms with E-state index in [0.717, 1.165) is 27.9 Å². The molecular formula is C19H20N6O4. The van der Waals surface area contributed by atoms with Crippen LogP contribution >= 0.6 is 0 Å². The molecule has 150 valence electrons. The van der Waals surface area contributed by atoms with Gasteiger partial charge in [0.15, 0.2) is 5.69 Å². The predicted molar refractivity (Wildman–Crippen MR) is 101 cm³/mol. The van der Waals surface area contributed by atoms with Gasteiger partial charge in [0, 0.05) is 44.5 Å². The van der Waals surface area contributed by atoms with Gasteiger partial charge in [-0.1, -0.05) is 12.1 Å². The van der Waals surface area contributed by atoms with Crippen molar-refractivity contribution < 1.29 is 19.1 Å². The zero-order valence-corrected chi connectivity index (χ0v) is 15.9. The molecule has 1 aliphatic heterocycles. The molecule has 0 bridgehead atoms. The lowest BCUT2D eigenvalue weighted by Crippen LogP contribution is -2.49. The first-order valence-electron chi connectivity index (χ1n) is 9.18. The van der Waals surface area contributed by atoms with Crippen molar-refractivity contribution in [3.8, 4) is 11.5 Å². The van der Waals surface area contributed by atoms with Gasteiger partial charge >= 0.3 is 12.0 Å². The Morgan fingerprint density at radius 3 is 2.62 bits per heavy atom. The number of carboxylic acid groups (broad SMARTS) is 1. The molecule has 1 N–H and O–H groups in total. The molecule has 0 saturated carbocycles. The molecule has 1 fully saturated rings. The van der Waals surface area contributed by atoms with E-state index >= 15 is 0 Å². The Hall–Kier alpha value is -3.53. The topological polar surface area (TPSA) is 118 Å². The summed E-state index contributed by atoms with van der Waals surface area (Å²) in [5, 5.41) is 20.5. The molecule has 2 aromatic heterocycles. The number of aryl methyl sites for hydroxylation is 1. The highest BCUT2D eigenvalue weighted by Crippen LogP contribution is 2.23. The monoisotopic (exact) mass is 396 g/mol. The summed E-state index contributed by atoms with van der Waals surface area (Å²) in [5.74, 6) is -0.654. The molecule has 0 spiro atoms. The molecule has 1 aromatic carbocycles. The van der Waals surface area contributed by atoms with E-state index in [0.29, 0.717) is 32.1 Å². The number of carboxylic acids is 1. The molecule has 3 aromatic rings. The van der Waals surface area contributed by atoms with Gasteiger partial charge in [-0.25, -0.2) is 9.59 Å². The lowest BCUT2D eigenvalue weighted by atomic mass is 10.0. The number of benzene rings is 1. The predicted octanol–water partition coefficient (Wildman–Crippen LogP) is 1.73. The maximum Gasteiger partial charge on any atom is 0.356 e. The van der Waals surface area contributed by atoms with Gasteiger partial charge in [0.1, 0.15) is 0 Å². The van der Waals surface area contributed by atoms with Crippen LogP contribution in [-0.4, -0.2) is 73.1 Å². The number of aromatic carboxylic acids is 1. The van der Waals surface area contributed by atoms with E-state index in [2.05, 4.69) is 32.3 Å². The first-order valence-corrected chi connectivity index (χ1v) is 9.18. The SMILES string of the molecule is Cc1ccc(CN2CCN(C(=O)n3ccc(C(=O)O)n3)CC2)cc1-c1nnco1. The minimum atomic E-state index is -1.15. The highest BCUT2D eigenvalue weighted by atomic mass is 16.4. The molecule has 1 aliphatic rings. The molecule has 0 radical (unpaired) electrons. The van der Waals surface area contributed by atoms with Gasteiger partial charge in [0.05, 0.1) is 0 Å². The van der Waals surface area contributed by atoms with Gasteiger partial charge in [-0.2, -0.15) is 9.78 Å². The van der Waals surface area contributed by atoms with Crippen LogP contribution in [0.5, 0.6) is 0 Å². The molecule has 10 nitrogen and oxygen atoms in total. The first kappa shape index (κ1) is 18.8. The number of hydrogen-bond donors (Lipinski definition) is 1. The van der Waals surface area contributed by atoms with Crippen LogP contribution in [0.4, 0.5) is 4.79 Å². The fourth-order valence-corrected chi connectivity index (χ4v) is 3.33. The minimum Gasteiger partial charge on any atom is -0.476 e. The van der Waals surface area contributed by atoms with Crippen molar-refractivity contribution in [3.63, 3.8) is 0 Å². The van der Waals surface area contributed by atoms with Crippen molar-refractivity contribution in [2.75, 3.05) is 26.2 Å². The number of rotatable bonds is 4. The van der Waals surface area contributed by atoms with Gasteiger partial charge in [0.2, 0.25) is 12.3 Å². The summed E-state index contributed by atoms with van der Waals surface area (Å²) in [6, 6.07) is 7.16. The van der Waals surface area contributed by atoms with E-state index in [1.165, 1.54) is 18.7 Å². The second-order valence-electron chi connectivity index (χ2n) is 6.89. The second kappa shape index (κ2) is 7.84. The van der Waals surface area contributed by atoms with Crippen molar-refractivity contribution in [2.45, 2.75) is 13.5 Å². The van der Waals surface area contributed by atoms with Gasteiger partial charge in [0.25, 0.3) is 0 Å².